The third kappa shape index (κ3) is 4.91. The fraction of sp³-hybridized carbons (Fsp3) is 0.316. The molecule has 0 radical (unpaired) electrons. The molecule has 0 heterocycles. The van der Waals surface area contributed by atoms with Gasteiger partial charge in [0.05, 0.1) is 13.7 Å². The van der Waals surface area contributed by atoms with E-state index in [1.54, 1.807) is 7.11 Å². The summed E-state index contributed by atoms with van der Waals surface area (Å²) < 4.78 is 5.11. The Hall–Kier alpha value is -2.69. The van der Waals surface area contributed by atoms with Gasteiger partial charge >= 0.3 is 0 Å². The number of carbonyl (C=O) groups excluding carboxylic acids is 1. The lowest BCUT2D eigenvalue weighted by Gasteiger charge is -2.21. The zero-order valence-electron chi connectivity index (χ0n) is 14.5. The van der Waals surface area contributed by atoms with Crippen LogP contribution >= 0.6 is 0 Å². The quantitative estimate of drug-likeness (QED) is 0.778. The molecule has 0 spiro atoms. The molecule has 24 heavy (non-hydrogen) atoms. The Morgan fingerprint density at radius 3 is 2.08 bits per heavy atom. The average Bonchev–Trinajstić information content (AvgIpc) is 2.63. The van der Waals surface area contributed by atoms with Crippen LogP contribution in [0.1, 0.15) is 13.8 Å². The number of hydrogen-bond donors (Lipinski definition) is 2. The molecule has 0 unspecified atom stereocenters. The van der Waals surface area contributed by atoms with Gasteiger partial charge in [0.15, 0.2) is 0 Å². The van der Waals surface area contributed by atoms with E-state index in [9.17, 15) is 4.79 Å². The molecule has 1 amide bonds. The summed E-state index contributed by atoms with van der Waals surface area (Å²) in [6.45, 7) is 6.40. The van der Waals surface area contributed by atoms with Crippen molar-refractivity contribution in [3.8, 4) is 5.75 Å². The summed E-state index contributed by atoms with van der Waals surface area (Å²) in [5.41, 5.74) is 2.84. The Kier molecular flexibility index (Phi) is 6.49. The first-order chi connectivity index (χ1) is 11.7. The number of benzene rings is 2. The van der Waals surface area contributed by atoms with Crippen LogP contribution in [0, 0.1) is 0 Å². The van der Waals surface area contributed by atoms with Crippen molar-refractivity contribution in [1.82, 2.24) is 0 Å². The maximum Gasteiger partial charge on any atom is 0.243 e. The molecular formula is C19H25N3O2. The third-order valence-corrected chi connectivity index (χ3v) is 3.82. The SMILES string of the molecule is CCN(CC)c1ccc(NC(=O)CNc2ccc(OC)cc2)cc1. The van der Waals surface area contributed by atoms with E-state index in [0.717, 1.165) is 35.9 Å². The minimum absolute atomic E-state index is 0.0820. The van der Waals surface area contributed by atoms with Crippen molar-refractivity contribution in [3.05, 3.63) is 48.5 Å². The van der Waals surface area contributed by atoms with E-state index in [4.69, 9.17) is 4.74 Å². The number of rotatable bonds is 8. The highest BCUT2D eigenvalue weighted by Crippen LogP contribution is 2.18. The van der Waals surface area contributed by atoms with Crippen LogP contribution in [0.5, 0.6) is 5.75 Å². The van der Waals surface area contributed by atoms with E-state index in [0.29, 0.717) is 0 Å². The lowest BCUT2D eigenvalue weighted by Crippen LogP contribution is -2.23. The first kappa shape index (κ1) is 17.7. The topological polar surface area (TPSA) is 53.6 Å². The van der Waals surface area contributed by atoms with E-state index in [2.05, 4.69) is 29.4 Å². The van der Waals surface area contributed by atoms with Crippen molar-refractivity contribution < 1.29 is 9.53 Å². The van der Waals surface area contributed by atoms with Gasteiger partial charge in [-0.05, 0) is 62.4 Å². The van der Waals surface area contributed by atoms with Crippen LogP contribution in [0.15, 0.2) is 48.5 Å². The monoisotopic (exact) mass is 327 g/mol. The first-order valence-corrected chi connectivity index (χ1v) is 8.19. The molecule has 0 aliphatic rings. The van der Waals surface area contributed by atoms with Gasteiger partial charge in [-0.2, -0.15) is 0 Å². The van der Waals surface area contributed by atoms with Crippen LogP contribution in [-0.4, -0.2) is 32.7 Å². The molecule has 0 aromatic heterocycles. The van der Waals surface area contributed by atoms with Crippen molar-refractivity contribution in [2.45, 2.75) is 13.8 Å². The summed E-state index contributed by atoms with van der Waals surface area (Å²) in [6, 6.07) is 15.4. The molecule has 0 aliphatic carbocycles. The molecule has 5 heteroatoms. The second kappa shape index (κ2) is 8.82. The number of anilines is 3. The second-order valence-electron chi connectivity index (χ2n) is 5.35. The Balaban J connectivity index is 1.85. The molecule has 0 saturated heterocycles. The van der Waals surface area contributed by atoms with Crippen LogP contribution in [-0.2, 0) is 4.79 Å². The lowest BCUT2D eigenvalue weighted by atomic mass is 10.2. The van der Waals surface area contributed by atoms with Crippen molar-refractivity contribution >= 4 is 23.0 Å². The second-order valence-corrected chi connectivity index (χ2v) is 5.35. The molecule has 2 aromatic carbocycles. The summed E-state index contributed by atoms with van der Waals surface area (Å²) in [6.07, 6.45) is 0. The summed E-state index contributed by atoms with van der Waals surface area (Å²) >= 11 is 0. The Morgan fingerprint density at radius 1 is 0.958 bits per heavy atom. The summed E-state index contributed by atoms with van der Waals surface area (Å²) in [5.74, 6) is 0.708. The fourth-order valence-corrected chi connectivity index (χ4v) is 2.44. The smallest absolute Gasteiger partial charge is 0.243 e. The summed E-state index contributed by atoms with van der Waals surface area (Å²) in [7, 11) is 1.63. The molecule has 0 atom stereocenters. The standard InChI is InChI=1S/C19H25N3O2/c1-4-22(5-2)17-10-6-16(7-11-17)21-19(23)14-20-15-8-12-18(24-3)13-9-15/h6-13,20H,4-5,14H2,1-3H3,(H,21,23). The number of methoxy groups -OCH3 is 1. The molecular weight excluding hydrogens is 302 g/mol. The van der Waals surface area contributed by atoms with Crippen LogP contribution < -0.4 is 20.3 Å². The van der Waals surface area contributed by atoms with Gasteiger partial charge in [0, 0.05) is 30.2 Å². The molecule has 0 aliphatic heterocycles. The number of nitrogens with one attached hydrogen (secondary N) is 2. The van der Waals surface area contributed by atoms with Gasteiger partial charge in [0.1, 0.15) is 5.75 Å². The van der Waals surface area contributed by atoms with Crippen molar-refractivity contribution in [2.24, 2.45) is 0 Å². The number of nitrogens with zero attached hydrogens (tertiary/aromatic N) is 1. The van der Waals surface area contributed by atoms with E-state index in [1.165, 1.54) is 0 Å². The minimum atomic E-state index is -0.0820. The maximum atomic E-state index is 12.0. The molecule has 2 N–H and O–H groups in total. The average molecular weight is 327 g/mol. The summed E-state index contributed by atoms with van der Waals surface area (Å²) in [4.78, 5) is 14.3. The van der Waals surface area contributed by atoms with Gasteiger partial charge in [-0.15, -0.1) is 0 Å². The molecule has 0 fully saturated rings. The molecule has 128 valence electrons. The van der Waals surface area contributed by atoms with Gasteiger partial charge in [0.25, 0.3) is 0 Å². The highest BCUT2D eigenvalue weighted by atomic mass is 16.5. The highest BCUT2D eigenvalue weighted by Gasteiger charge is 2.05. The van der Waals surface area contributed by atoms with Crippen LogP contribution in [0.4, 0.5) is 17.1 Å². The van der Waals surface area contributed by atoms with Crippen molar-refractivity contribution in [2.75, 3.05) is 42.3 Å². The van der Waals surface area contributed by atoms with E-state index in [-0.39, 0.29) is 12.5 Å². The number of hydrogen-bond acceptors (Lipinski definition) is 4. The minimum Gasteiger partial charge on any atom is -0.497 e. The number of carbonyl (C=O) groups is 1. The van der Waals surface area contributed by atoms with Gasteiger partial charge in [-0.3, -0.25) is 4.79 Å². The molecule has 0 saturated carbocycles. The Morgan fingerprint density at radius 2 is 1.54 bits per heavy atom. The third-order valence-electron chi connectivity index (χ3n) is 3.82. The zero-order chi connectivity index (χ0) is 17.4. The number of ether oxygens (including phenoxy) is 1. The zero-order valence-corrected chi connectivity index (χ0v) is 14.5. The fourth-order valence-electron chi connectivity index (χ4n) is 2.44. The predicted octanol–water partition coefficient (Wildman–Crippen LogP) is 3.59. The number of amides is 1. The Bertz CT molecular complexity index is 635. The van der Waals surface area contributed by atoms with Gasteiger partial charge in [-0.1, -0.05) is 0 Å². The predicted molar refractivity (Wildman–Crippen MR) is 100 cm³/mol. The van der Waals surface area contributed by atoms with Crippen LogP contribution in [0.2, 0.25) is 0 Å². The van der Waals surface area contributed by atoms with E-state index < -0.39 is 0 Å². The molecule has 0 bridgehead atoms. The lowest BCUT2D eigenvalue weighted by molar-refractivity contribution is -0.114. The Labute approximate surface area is 143 Å². The van der Waals surface area contributed by atoms with E-state index in [1.807, 2.05) is 48.5 Å². The maximum absolute atomic E-state index is 12.0. The molecule has 5 nitrogen and oxygen atoms in total. The largest absolute Gasteiger partial charge is 0.497 e. The normalized spacial score (nSPS) is 10.1. The van der Waals surface area contributed by atoms with E-state index >= 15 is 0 Å². The van der Waals surface area contributed by atoms with Gasteiger partial charge in [0.2, 0.25) is 5.91 Å². The first-order valence-electron chi connectivity index (χ1n) is 8.19. The molecule has 2 rings (SSSR count). The highest BCUT2D eigenvalue weighted by molar-refractivity contribution is 5.93. The summed E-state index contributed by atoms with van der Waals surface area (Å²) in [5, 5.41) is 5.98. The van der Waals surface area contributed by atoms with Gasteiger partial charge < -0.3 is 20.3 Å². The van der Waals surface area contributed by atoms with Gasteiger partial charge in [-0.25, -0.2) is 0 Å². The van der Waals surface area contributed by atoms with Crippen LogP contribution in [0.25, 0.3) is 0 Å². The van der Waals surface area contributed by atoms with Crippen LogP contribution in [0.3, 0.4) is 0 Å². The van der Waals surface area contributed by atoms with Crippen molar-refractivity contribution in [1.29, 1.82) is 0 Å². The molecule has 2 aromatic rings. The van der Waals surface area contributed by atoms with Crippen molar-refractivity contribution in [3.63, 3.8) is 0 Å².